The summed E-state index contributed by atoms with van der Waals surface area (Å²) >= 11 is 1.68. The molecule has 0 bridgehead atoms. The van der Waals surface area contributed by atoms with Crippen molar-refractivity contribution in [2.24, 2.45) is 0 Å². The maximum atomic E-state index is 12.1. The Balaban J connectivity index is 1.40. The van der Waals surface area contributed by atoms with Crippen LogP contribution in [0.1, 0.15) is 24.8 Å². The van der Waals surface area contributed by atoms with Gasteiger partial charge < -0.3 is 10.2 Å². The fourth-order valence-corrected chi connectivity index (χ4v) is 3.49. The lowest BCUT2D eigenvalue weighted by Gasteiger charge is -2.32. The highest BCUT2D eigenvalue weighted by atomic mass is 32.1. The fraction of sp³-hybridized carbons (Fsp3) is 0.412. The van der Waals surface area contributed by atoms with Gasteiger partial charge in [-0.1, -0.05) is 30.3 Å². The molecule has 2 heterocycles. The largest absolute Gasteiger partial charge is 0.353 e. The minimum absolute atomic E-state index is 0.163. The molecule has 0 radical (unpaired) electrons. The van der Waals surface area contributed by atoms with Crippen molar-refractivity contribution in [1.29, 1.82) is 0 Å². The van der Waals surface area contributed by atoms with E-state index in [9.17, 15) is 4.79 Å². The van der Waals surface area contributed by atoms with Crippen molar-refractivity contribution in [3.63, 3.8) is 0 Å². The van der Waals surface area contributed by atoms with Gasteiger partial charge in [-0.2, -0.15) is 0 Å². The second-order valence-electron chi connectivity index (χ2n) is 5.63. The molecule has 1 aliphatic rings. The van der Waals surface area contributed by atoms with E-state index < -0.39 is 0 Å². The molecule has 4 nitrogen and oxygen atoms in total. The molecule has 0 aliphatic carbocycles. The van der Waals surface area contributed by atoms with Gasteiger partial charge in [-0.25, -0.2) is 4.98 Å². The Kier molecular flexibility index (Phi) is 5.06. The Labute approximate surface area is 135 Å². The molecule has 3 rings (SSSR count). The number of carbonyl (C=O) groups excluding carboxylic acids is 1. The van der Waals surface area contributed by atoms with Crippen molar-refractivity contribution < 1.29 is 4.79 Å². The van der Waals surface area contributed by atoms with Crippen molar-refractivity contribution in [1.82, 2.24) is 10.3 Å². The van der Waals surface area contributed by atoms with Crippen LogP contribution in [-0.4, -0.2) is 30.0 Å². The summed E-state index contributed by atoms with van der Waals surface area (Å²) in [7, 11) is 0. The summed E-state index contributed by atoms with van der Waals surface area (Å²) in [6.45, 7) is 1.94. The highest BCUT2D eigenvalue weighted by Gasteiger charge is 2.21. The zero-order chi connectivity index (χ0) is 15.2. The maximum absolute atomic E-state index is 12.1. The van der Waals surface area contributed by atoms with Crippen LogP contribution in [0.3, 0.4) is 0 Å². The number of rotatable bonds is 5. The number of hydrogen-bond donors (Lipinski definition) is 1. The van der Waals surface area contributed by atoms with Crippen LogP contribution in [0.25, 0.3) is 0 Å². The molecule has 2 aromatic rings. The van der Waals surface area contributed by atoms with E-state index in [0.29, 0.717) is 12.5 Å². The topological polar surface area (TPSA) is 45.2 Å². The minimum atomic E-state index is 0.163. The summed E-state index contributed by atoms with van der Waals surface area (Å²) in [5.74, 6) is 0.163. The number of hydrogen-bond acceptors (Lipinski definition) is 4. The Morgan fingerprint density at radius 3 is 2.73 bits per heavy atom. The third-order valence-electron chi connectivity index (χ3n) is 4.03. The summed E-state index contributed by atoms with van der Waals surface area (Å²) in [4.78, 5) is 18.7. The van der Waals surface area contributed by atoms with E-state index in [4.69, 9.17) is 0 Å². The van der Waals surface area contributed by atoms with Crippen LogP contribution in [0, 0.1) is 0 Å². The van der Waals surface area contributed by atoms with Crippen LogP contribution < -0.4 is 10.2 Å². The lowest BCUT2D eigenvalue weighted by atomic mass is 10.0. The molecule has 0 unspecified atom stereocenters. The Hall–Kier alpha value is -1.88. The standard InChI is InChI=1S/C17H21N3OS/c21-16(7-6-14-4-2-1-3-5-14)19-15-8-11-20(12-9-15)17-18-10-13-22-17/h1-5,10,13,15H,6-9,11-12H2,(H,19,21). The first kappa shape index (κ1) is 15.0. The van der Waals surface area contributed by atoms with E-state index >= 15 is 0 Å². The van der Waals surface area contributed by atoms with Gasteiger partial charge in [0.15, 0.2) is 5.13 Å². The predicted octanol–water partition coefficient (Wildman–Crippen LogP) is 2.86. The maximum Gasteiger partial charge on any atom is 0.220 e. The van der Waals surface area contributed by atoms with Gasteiger partial charge in [-0.05, 0) is 24.8 Å². The third-order valence-corrected chi connectivity index (χ3v) is 4.87. The molecule has 1 amide bonds. The number of carbonyl (C=O) groups is 1. The van der Waals surface area contributed by atoms with Crippen LogP contribution in [-0.2, 0) is 11.2 Å². The van der Waals surface area contributed by atoms with E-state index in [1.54, 1.807) is 11.3 Å². The zero-order valence-electron chi connectivity index (χ0n) is 12.6. The Morgan fingerprint density at radius 1 is 1.27 bits per heavy atom. The van der Waals surface area contributed by atoms with Gasteiger partial charge in [0.05, 0.1) is 0 Å². The smallest absolute Gasteiger partial charge is 0.220 e. The van der Waals surface area contributed by atoms with Gasteiger partial charge in [-0.3, -0.25) is 4.79 Å². The van der Waals surface area contributed by atoms with E-state index in [0.717, 1.165) is 37.5 Å². The Morgan fingerprint density at radius 2 is 2.05 bits per heavy atom. The number of nitrogens with one attached hydrogen (secondary N) is 1. The van der Waals surface area contributed by atoms with E-state index in [1.807, 2.05) is 29.8 Å². The first-order chi connectivity index (χ1) is 10.8. The fourth-order valence-electron chi connectivity index (χ4n) is 2.79. The van der Waals surface area contributed by atoms with Gasteiger partial charge in [0.25, 0.3) is 0 Å². The number of piperidine rings is 1. The summed E-state index contributed by atoms with van der Waals surface area (Å²) < 4.78 is 0. The quantitative estimate of drug-likeness (QED) is 0.923. The van der Waals surface area contributed by atoms with Gasteiger partial charge >= 0.3 is 0 Å². The molecule has 1 aromatic heterocycles. The van der Waals surface area contributed by atoms with Crippen LogP contribution >= 0.6 is 11.3 Å². The lowest BCUT2D eigenvalue weighted by Crippen LogP contribution is -2.44. The Bertz CT molecular complexity index is 577. The molecule has 116 valence electrons. The average molecular weight is 315 g/mol. The predicted molar refractivity (Wildman–Crippen MR) is 90.3 cm³/mol. The van der Waals surface area contributed by atoms with E-state index in [-0.39, 0.29) is 5.91 Å². The molecular weight excluding hydrogens is 294 g/mol. The molecule has 5 heteroatoms. The SMILES string of the molecule is O=C(CCc1ccccc1)NC1CCN(c2nccs2)CC1. The average Bonchev–Trinajstić information content (AvgIpc) is 3.09. The molecule has 1 aromatic carbocycles. The number of aryl methyl sites for hydroxylation is 1. The van der Waals surface area contributed by atoms with Crippen molar-refractivity contribution in [2.75, 3.05) is 18.0 Å². The van der Waals surface area contributed by atoms with Crippen LogP contribution in [0.4, 0.5) is 5.13 Å². The second-order valence-corrected chi connectivity index (χ2v) is 6.50. The normalized spacial score (nSPS) is 15.7. The molecular formula is C17H21N3OS. The van der Waals surface area contributed by atoms with Crippen molar-refractivity contribution >= 4 is 22.4 Å². The van der Waals surface area contributed by atoms with E-state index in [2.05, 4.69) is 27.3 Å². The molecule has 1 aliphatic heterocycles. The number of benzene rings is 1. The van der Waals surface area contributed by atoms with Crippen LogP contribution in [0.15, 0.2) is 41.9 Å². The van der Waals surface area contributed by atoms with Crippen LogP contribution in [0.2, 0.25) is 0 Å². The van der Waals surface area contributed by atoms with Crippen molar-refractivity contribution in [2.45, 2.75) is 31.7 Å². The zero-order valence-corrected chi connectivity index (χ0v) is 13.4. The summed E-state index contributed by atoms with van der Waals surface area (Å²) in [6.07, 6.45) is 5.21. The summed E-state index contributed by atoms with van der Waals surface area (Å²) in [5, 5.41) is 6.27. The molecule has 1 fully saturated rings. The first-order valence-corrected chi connectivity index (χ1v) is 8.67. The molecule has 0 saturated carbocycles. The lowest BCUT2D eigenvalue weighted by molar-refractivity contribution is -0.121. The highest BCUT2D eigenvalue weighted by Crippen LogP contribution is 2.21. The first-order valence-electron chi connectivity index (χ1n) is 7.79. The molecule has 0 spiro atoms. The number of thiazole rings is 1. The van der Waals surface area contributed by atoms with Gasteiger partial charge in [0.2, 0.25) is 5.91 Å². The molecule has 0 atom stereocenters. The van der Waals surface area contributed by atoms with Crippen molar-refractivity contribution in [3.05, 3.63) is 47.5 Å². The van der Waals surface area contributed by atoms with Gasteiger partial charge in [0, 0.05) is 37.1 Å². The monoisotopic (exact) mass is 315 g/mol. The third kappa shape index (κ3) is 4.07. The number of anilines is 1. The van der Waals surface area contributed by atoms with Gasteiger partial charge in [-0.15, -0.1) is 11.3 Å². The number of amides is 1. The molecule has 22 heavy (non-hydrogen) atoms. The van der Waals surface area contributed by atoms with E-state index in [1.165, 1.54) is 5.56 Å². The summed E-state index contributed by atoms with van der Waals surface area (Å²) in [6, 6.07) is 10.5. The van der Waals surface area contributed by atoms with Crippen LogP contribution in [0.5, 0.6) is 0 Å². The van der Waals surface area contributed by atoms with Gasteiger partial charge in [0.1, 0.15) is 0 Å². The van der Waals surface area contributed by atoms with Crippen molar-refractivity contribution in [3.8, 4) is 0 Å². The minimum Gasteiger partial charge on any atom is -0.353 e. The molecule has 1 N–H and O–H groups in total. The highest BCUT2D eigenvalue weighted by molar-refractivity contribution is 7.13. The number of aromatic nitrogens is 1. The molecule has 1 saturated heterocycles. The second kappa shape index (κ2) is 7.40. The number of nitrogens with zero attached hydrogens (tertiary/aromatic N) is 2. The summed E-state index contributed by atoms with van der Waals surface area (Å²) in [5.41, 5.74) is 1.22.